The zero-order valence-electron chi connectivity index (χ0n) is 13.8. The van der Waals surface area contributed by atoms with Gasteiger partial charge in [0.15, 0.2) is 0 Å². The second-order valence-corrected chi connectivity index (χ2v) is 7.35. The van der Waals surface area contributed by atoms with E-state index in [1.54, 1.807) is 0 Å². The van der Waals surface area contributed by atoms with Crippen molar-refractivity contribution < 1.29 is 0 Å². The minimum Gasteiger partial charge on any atom is -0.142 e. The highest BCUT2D eigenvalue weighted by Crippen LogP contribution is 2.31. The van der Waals surface area contributed by atoms with E-state index >= 15 is 0 Å². The molecule has 4 aromatic rings. The van der Waals surface area contributed by atoms with Crippen LogP contribution in [0.25, 0.3) is 45.5 Å². The van der Waals surface area contributed by atoms with Crippen LogP contribution in [0.4, 0.5) is 0 Å². The molecule has 0 nitrogen and oxygen atoms in total. The summed E-state index contributed by atoms with van der Waals surface area (Å²) in [4.78, 5) is 1.73. The molecule has 0 aliphatic rings. The number of benzene rings is 4. The van der Waals surface area contributed by atoms with Gasteiger partial charge in [0.2, 0.25) is 0 Å². The summed E-state index contributed by atoms with van der Waals surface area (Å²) in [5.74, 6) is 0. The van der Waals surface area contributed by atoms with Crippen molar-refractivity contribution >= 4 is 70.7 Å². The van der Waals surface area contributed by atoms with E-state index in [0.717, 1.165) is 31.0 Å². The summed E-state index contributed by atoms with van der Waals surface area (Å²) in [7, 11) is 0. The Morgan fingerprint density at radius 3 is 1.42 bits per heavy atom. The lowest BCUT2D eigenvalue weighted by Crippen LogP contribution is -2.15. The Hall–Kier alpha value is -1.90. The maximum Gasteiger partial charge on any atom is 0.0180 e. The fourth-order valence-corrected chi connectivity index (χ4v) is 4.27. The standard InChI is InChI=1S/C22H18S2/c1-11-15-7-5-6-8-16(15)12(2)22-14(4)18-10-20(24)19(23)9-17(18)13(3)21(11)22/h5-10,23-24H,3-4H2,1-2H3. The van der Waals surface area contributed by atoms with Gasteiger partial charge in [-0.15, -0.1) is 25.3 Å². The maximum atomic E-state index is 4.53. The van der Waals surface area contributed by atoms with Crippen LogP contribution in [0.3, 0.4) is 0 Å². The van der Waals surface area contributed by atoms with Crippen LogP contribution in [0, 0.1) is 13.8 Å². The second kappa shape index (κ2) is 5.30. The maximum absolute atomic E-state index is 4.53. The summed E-state index contributed by atoms with van der Waals surface area (Å²) < 4.78 is 0. The first-order valence-electron chi connectivity index (χ1n) is 7.89. The summed E-state index contributed by atoms with van der Waals surface area (Å²) in [6.45, 7) is 13.2. The van der Waals surface area contributed by atoms with Gasteiger partial charge in [-0.3, -0.25) is 0 Å². The predicted molar refractivity (Wildman–Crippen MR) is 113 cm³/mol. The highest BCUT2D eigenvalue weighted by molar-refractivity contribution is 7.83. The van der Waals surface area contributed by atoms with Gasteiger partial charge in [-0.2, -0.15) is 0 Å². The SMILES string of the molecule is C=c1c2cc(S)c(S)cc2c(=C)c2c(C)c3ccccc3c(C)c12. The first kappa shape index (κ1) is 15.6. The summed E-state index contributed by atoms with van der Waals surface area (Å²) in [6.07, 6.45) is 0. The number of hydrogen-bond acceptors (Lipinski definition) is 2. The van der Waals surface area contributed by atoms with Crippen LogP contribution in [-0.4, -0.2) is 0 Å². The van der Waals surface area contributed by atoms with Gasteiger partial charge in [0, 0.05) is 9.79 Å². The van der Waals surface area contributed by atoms with Crippen LogP contribution in [-0.2, 0) is 0 Å². The number of rotatable bonds is 0. The van der Waals surface area contributed by atoms with E-state index in [-0.39, 0.29) is 0 Å². The van der Waals surface area contributed by atoms with Crippen LogP contribution in [0.1, 0.15) is 11.1 Å². The molecule has 0 heterocycles. The van der Waals surface area contributed by atoms with Gasteiger partial charge in [0.05, 0.1) is 0 Å². The lowest BCUT2D eigenvalue weighted by atomic mass is 9.89. The zero-order chi connectivity index (χ0) is 17.2. The smallest absolute Gasteiger partial charge is 0.0180 e. The van der Waals surface area contributed by atoms with Crippen molar-refractivity contribution in [2.45, 2.75) is 23.6 Å². The number of hydrogen-bond donors (Lipinski definition) is 2. The normalized spacial score (nSPS) is 11.7. The lowest BCUT2D eigenvalue weighted by Gasteiger charge is -2.16. The van der Waals surface area contributed by atoms with E-state index in [1.165, 1.54) is 32.7 Å². The minimum absolute atomic E-state index is 0.865. The van der Waals surface area contributed by atoms with Crippen LogP contribution >= 0.6 is 25.3 Å². The fraction of sp³-hybridized carbons (Fsp3) is 0.0909. The van der Waals surface area contributed by atoms with Crippen LogP contribution < -0.4 is 10.4 Å². The largest absolute Gasteiger partial charge is 0.142 e. The Kier molecular flexibility index (Phi) is 3.45. The molecule has 118 valence electrons. The average molecular weight is 347 g/mol. The molecule has 0 bridgehead atoms. The van der Waals surface area contributed by atoms with Crippen molar-refractivity contribution in [3.63, 3.8) is 0 Å². The molecule has 0 atom stereocenters. The third-order valence-electron chi connectivity index (χ3n) is 5.10. The molecule has 0 aromatic heterocycles. The van der Waals surface area contributed by atoms with Crippen molar-refractivity contribution in [2.24, 2.45) is 0 Å². The van der Waals surface area contributed by atoms with E-state index in [0.29, 0.717) is 0 Å². The summed E-state index contributed by atoms with van der Waals surface area (Å²) >= 11 is 9.06. The summed E-state index contributed by atoms with van der Waals surface area (Å²) in [5, 5.41) is 9.28. The van der Waals surface area contributed by atoms with E-state index in [4.69, 9.17) is 0 Å². The number of thiol groups is 2. The van der Waals surface area contributed by atoms with E-state index in [2.05, 4.69) is 88.7 Å². The monoisotopic (exact) mass is 346 g/mol. The molecule has 0 aliphatic carbocycles. The van der Waals surface area contributed by atoms with Gasteiger partial charge < -0.3 is 0 Å². The topological polar surface area (TPSA) is 0 Å². The number of fused-ring (bicyclic) bond motifs is 3. The van der Waals surface area contributed by atoms with Crippen molar-refractivity contribution in [1.82, 2.24) is 0 Å². The van der Waals surface area contributed by atoms with E-state index in [9.17, 15) is 0 Å². The van der Waals surface area contributed by atoms with Crippen molar-refractivity contribution in [3.8, 4) is 0 Å². The first-order chi connectivity index (χ1) is 11.4. The van der Waals surface area contributed by atoms with Crippen LogP contribution in [0.2, 0.25) is 0 Å². The van der Waals surface area contributed by atoms with Gasteiger partial charge in [0.1, 0.15) is 0 Å². The first-order valence-corrected chi connectivity index (χ1v) is 8.78. The van der Waals surface area contributed by atoms with Crippen molar-refractivity contribution in [2.75, 3.05) is 0 Å². The molecule has 0 fully saturated rings. The van der Waals surface area contributed by atoms with Gasteiger partial charge in [0.25, 0.3) is 0 Å². The molecule has 0 aliphatic heterocycles. The molecule has 24 heavy (non-hydrogen) atoms. The van der Waals surface area contributed by atoms with Gasteiger partial charge in [-0.05, 0) is 79.9 Å². The fourth-order valence-electron chi connectivity index (χ4n) is 3.88. The lowest BCUT2D eigenvalue weighted by molar-refractivity contribution is 1.30. The molecule has 0 saturated heterocycles. The second-order valence-electron chi connectivity index (χ2n) is 6.39. The molecule has 0 radical (unpaired) electrons. The molecule has 4 rings (SSSR count). The molecular weight excluding hydrogens is 328 g/mol. The van der Waals surface area contributed by atoms with Gasteiger partial charge in [-0.1, -0.05) is 37.4 Å². The van der Waals surface area contributed by atoms with E-state index in [1.807, 2.05) is 0 Å². The third-order valence-corrected chi connectivity index (χ3v) is 6.02. The Morgan fingerprint density at radius 1 is 0.667 bits per heavy atom. The molecule has 0 spiro atoms. The van der Waals surface area contributed by atoms with Crippen LogP contribution in [0.15, 0.2) is 46.2 Å². The van der Waals surface area contributed by atoms with Crippen molar-refractivity contribution in [3.05, 3.63) is 58.0 Å². The predicted octanol–water partition coefficient (Wildman–Crippen LogP) is 5.16. The molecule has 0 amide bonds. The highest BCUT2D eigenvalue weighted by atomic mass is 32.1. The number of aryl methyl sites for hydroxylation is 2. The van der Waals surface area contributed by atoms with Crippen LogP contribution in [0.5, 0.6) is 0 Å². The highest BCUT2D eigenvalue weighted by Gasteiger charge is 2.13. The minimum atomic E-state index is 0.865. The Bertz CT molecular complexity index is 1170. The third kappa shape index (κ3) is 1.96. The summed E-state index contributed by atoms with van der Waals surface area (Å²) in [5.41, 5.74) is 2.53. The molecule has 0 saturated carbocycles. The quantitative estimate of drug-likeness (QED) is 0.319. The van der Waals surface area contributed by atoms with Gasteiger partial charge >= 0.3 is 0 Å². The molecular formula is C22H18S2. The average Bonchev–Trinajstić information content (AvgIpc) is 2.57. The summed E-state index contributed by atoms with van der Waals surface area (Å²) in [6, 6.07) is 12.7. The van der Waals surface area contributed by atoms with E-state index < -0.39 is 0 Å². The van der Waals surface area contributed by atoms with Crippen molar-refractivity contribution in [1.29, 1.82) is 0 Å². The van der Waals surface area contributed by atoms with Gasteiger partial charge in [-0.25, -0.2) is 0 Å². The molecule has 0 unspecified atom stereocenters. The zero-order valence-corrected chi connectivity index (χ0v) is 15.6. The molecule has 0 N–H and O–H groups in total. The molecule has 4 aromatic carbocycles. The Balaban J connectivity index is 2.44. The molecule has 2 heteroatoms. The Morgan fingerprint density at radius 2 is 1.04 bits per heavy atom. The Labute approximate surface area is 152 Å².